The van der Waals surface area contributed by atoms with Crippen LogP contribution in [0.1, 0.15) is 5.56 Å². The van der Waals surface area contributed by atoms with E-state index in [1.54, 1.807) is 0 Å². The van der Waals surface area contributed by atoms with Crippen molar-refractivity contribution < 1.29 is 44.9 Å². The van der Waals surface area contributed by atoms with Gasteiger partial charge >= 0.3 is 5.97 Å². The van der Waals surface area contributed by atoms with Gasteiger partial charge in [0.15, 0.2) is 11.5 Å². The second-order valence-corrected chi connectivity index (χ2v) is 5.59. The van der Waals surface area contributed by atoms with E-state index in [9.17, 15) is 35.4 Å². The van der Waals surface area contributed by atoms with Gasteiger partial charge in [0.1, 0.15) is 30.5 Å². The van der Waals surface area contributed by atoms with E-state index >= 15 is 0 Å². The number of methoxy groups -OCH3 is 1. The Labute approximate surface area is 143 Å². The number of hydrogen-bond acceptors (Lipinski definition) is 9. The number of aliphatic hydroxyl groups excluding tert-OH is 4. The van der Waals surface area contributed by atoms with Crippen LogP contribution in [-0.4, -0.2) is 80.8 Å². The van der Waals surface area contributed by atoms with Crippen molar-refractivity contribution in [1.82, 2.24) is 0 Å². The van der Waals surface area contributed by atoms with Crippen molar-refractivity contribution in [2.24, 2.45) is 0 Å². The van der Waals surface area contributed by atoms with Gasteiger partial charge in [0.2, 0.25) is 0 Å². The minimum Gasteiger partial charge on any atom is -0.504 e. The maximum Gasteiger partial charge on any atom is 0.336 e. The quantitative estimate of drug-likeness (QED) is 0.214. The Bertz CT molecular complexity index is 655. The van der Waals surface area contributed by atoms with Crippen molar-refractivity contribution in [3.05, 3.63) is 29.3 Å². The maximum atomic E-state index is 12.1. The lowest BCUT2D eigenvalue weighted by Crippen LogP contribution is -2.59. The second kappa shape index (κ2) is 7.81. The van der Waals surface area contributed by atoms with Gasteiger partial charge in [-0.05, 0) is 23.8 Å². The van der Waals surface area contributed by atoms with Gasteiger partial charge < -0.3 is 40.1 Å². The fourth-order valence-electron chi connectivity index (χ4n) is 2.54. The van der Waals surface area contributed by atoms with Crippen molar-refractivity contribution in [2.45, 2.75) is 30.5 Å². The van der Waals surface area contributed by atoms with Gasteiger partial charge in [-0.3, -0.25) is 0 Å². The summed E-state index contributed by atoms with van der Waals surface area (Å²) < 4.78 is 10.0. The first-order chi connectivity index (χ1) is 11.8. The van der Waals surface area contributed by atoms with E-state index < -0.39 is 48.8 Å². The van der Waals surface area contributed by atoms with Gasteiger partial charge in [-0.25, -0.2) is 4.79 Å². The molecule has 0 amide bonds. The average Bonchev–Trinajstić information content (AvgIpc) is 2.60. The van der Waals surface area contributed by atoms with Gasteiger partial charge in [-0.2, -0.15) is 0 Å². The smallest absolute Gasteiger partial charge is 0.336 e. The highest BCUT2D eigenvalue weighted by molar-refractivity contribution is 5.95. The molecule has 1 saturated heterocycles. The standard InChI is InChI=1S/C16H20O9/c1-24-16(23)8(4-7-2-3-9(18)10(19)5-7)15-14(22)13(21)12(20)11(6-17)25-15/h2-5,11-15,17-22H,6H2,1H3/b8-4+/t11-,12-,13+,14-,15?/m1/s1. The lowest BCUT2D eigenvalue weighted by atomic mass is 9.90. The molecule has 9 heteroatoms. The summed E-state index contributed by atoms with van der Waals surface area (Å²) in [4.78, 5) is 12.1. The highest BCUT2D eigenvalue weighted by Gasteiger charge is 2.46. The van der Waals surface area contributed by atoms with Gasteiger partial charge in [0.25, 0.3) is 0 Å². The minimum atomic E-state index is -1.66. The van der Waals surface area contributed by atoms with Crippen LogP contribution >= 0.6 is 0 Å². The molecule has 1 aromatic rings. The molecule has 1 heterocycles. The van der Waals surface area contributed by atoms with Crippen LogP contribution < -0.4 is 0 Å². The number of aromatic hydroxyl groups is 2. The molecule has 0 spiro atoms. The van der Waals surface area contributed by atoms with E-state index in [1.807, 2.05) is 0 Å². The van der Waals surface area contributed by atoms with E-state index in [4.69, 9.17) is 4.74 Å². The average molecular weight is 356 g/mol. The Morgan fingerprint density at radius 1 is 1.16 bits per heavy atom. The van der Waals surface area contributed by atoms with Gasteiger partial charge in [-0.1, -0.05) is 6.07 Å². The third-order valence-electron chi connectivity index (χ3n) is 3.94. The number of carbonyl (C=O) groups is 1. The van der Waals surface area contributed by atoms with Gasteiger partial charge in [-0.15, -0.1) is 0 Å². The molecule has 0 aliphatic carbocycles. The van der Waals surface area contributed by atoms with Crippen LogP contribution in [0.25, 0.3) is 6.08 Å². The van der Waals surface area contributed by atoms with E-state index in [1.165, 1.54) is 24.3 Å². The van der Waals surface area contributed by atoms with E-state index in [0.717, 1.165) is 7.11 Å². The van der Waals surface area contributed by atoms with Crippen LogP contribution in [0.4, 0.5) is 0 Å². The normalized spacial score (nSPS) is 30.1. The predicted molar refractivity (Wildman–Crippen MR) is 83.5 cm³/mol. The highest BCUT2D eigenvalue weighted by Crippen LogP contribution is 2.30. The molecule has 0 aromatic heterocycles. The van der Waals surface area contributed by atoms with E-state index in [0.29, 0.717) is 0 Å². The highest BCUT2D eigenvalue weighted by atomic mass is 16.6. The number of benzene rings is 1. The van der Waals surface area contributed by atoms with Gasteiger partial charge in [0, 0.05) is 0 Å². The number of esters is 1. The van der Waals surface area contributed by atoms with Crippen molar-refractivity contribution in [2.75, 3.05) is 13.7 Å². The molecule has 2 rings (SSSR count). The summed E-state index contributed by atoms with van der Waals surface area (Å²) in [6.07, 6.45) is -6.22. The fraction of sp³-hybridized carbons (Fsp3) is 0.438. The zero-order chi connectivity index (χ0) is 18.7. The van der Waals surface area contributed by atoms with Crippen molar-refractivity contribution in [1.29, 1.82) is 0 Å². The second-order valence-electron chi connectivity index (χ2n) is 5.59. The first-order valence-electron chi connectivity index (χ1n) is 7.42. The third-order valence-corrected chi connectivity index (χ3v) is 3.94. The Balaban J connectivity index is 2.44. The molecule has 1 aliphatic rings. The Hall–Kier alpha value is -2.17. The third kappa shape index (κ3) is 3.91. The molecule has 6 N–H and O–H groups in total. The molecule has 138 valence electrons. The number of carbonyl (C=O) groups excluding carboxylic acids is 1. The number of phenols is 2. The van der Waals surface area contributed by atoms with Crippen molar-refractivity contribution >= 4 is 12.0 Å². The number of aliphatic hydroxyl groups is 4. The van der Waals surface area contributed by atoms with E-state index in [2.05, 4.69) is 4.74 Å². The Kier molecular flexibility index (Phi) is 5.98. The van der Waals surface area contributed by atoms with Crippen LogP contribution in [0.15, 0.2) is 23.8 Å². The molecular weight excluding hydrogens is 336 g/mol. The summed E-state index contributed by atoms with van der Waals surface area (Å²) in [5.74, 6) is -1.66. The first kappa shape index (κ1) is 19.2. The van der Waals surface area contributed by atoms with Crippen molar-refractivity contribution in [3.63, 3.8) is 0 Å². The van der Waals surface area contributed by atoms with Gasteiger partial charge in [0.05, 0.1) is 19.3 Å². The fourth-order valence-corrected chi connectivity index (χ4v) is 2.54. The monoisotopic (exact) mass is 356 g/mol. The van der Waals surface area contributed by atoms with Crippen LogP contribution in [0.2, 0.25) is 0 Å². The summed E-state index contributed by atoms with van der Waals surface area (Å²) >= 11 is 0. The molecule has 0 saturated carbocycles. The first-order valence-corrected chi connectivity index (χ1v) is 7.42. The summed E-state index contributed by atoms with van der Waals surface area (Å²) in [7, 11) is 1.11. The largest absolute Gasteiger partial charge is 0.504 e. The molecule has 1 unspecified atom stereocenters. The lowest BCUT2D eigenvalue weighted by molar-refractivity contribution is -0.220. The number of rotatable bonds is 4. The summed E-state index contributed by atoms with van der Waals surface area (Å²) in [6.45, 7) is -0.643. The molecule has 5 atom stereocenters. The molecule has 0 bridgehead atoms. The SMILES string of the molecule is COC(=O)/C(=C/c1ccc(O)c(O)c1)C1O[C@H](CO)[C@@H](O)[C@H](O)[C@H]1O. The lowest BCUT2D eigenvalue weighted by Gasteiger charge is -2.40. The molecule has 0 radical (unpaired) electrons. The Morgan fingerprint density at radius 3 is 2.40 bits per heavy atom. The predicted octanol–water partition coefficient (Wildman–Crippen LogP) is -1.50. The molecule has 1 aromatic carbocycles. The molecule has 1 aliphatic heterocycles. The number of hydrogen-bond donors (Lipinski definition) is 6. The van der Waals surface area contributed by atoms with Crippen molar-refractivity contribution in [3.8, 4) is 11.5 Å². The minimum absolute atomic E-state index is 0.204. The van der Waals surface area contributed by atoms with Crippen LogP contribution in [-0.2, 0) is 14.3 Å². The van der Waals surface area contributed by atoms with Crippen LogP contribution in [0.3, 0.4) is 0 Å². The van der Waals surface area contributed by atoms with Crippen LogP contribution in [0.5, 0.6) is 11.5 Å². The molecule has 9 nitrogen and oxygen atoms in total. The molecular formula is C16H20O9. The summed E-state index contributed by atoms with van der Waals surface area (Å²) in [5, 5.41) is 58.0. The maximum absolute atomic E-state index is 12.1. The molecule has 1 fully saturated rings. The summed E-state index contributed by atoms with van der Waals surface area (Å²) in [5.41, 5.74) is 0.0807. The van der Waals surface area contributed by atoms with Crippen LogP contribution in [0, 0.1) is 0 Å². The number of ether oxygens (including phenoxy) is 2. The zero-order valence-corrected chi connectivity index (χ0v) is 13.3. The molecule has 25 heavy (non-hydrogen) atoms. The summed E-state index contributed by atoms with van der Waals surface area (Å²) in [6, 6.07) is 3.76. The zero-order valence-electron chi connectivity index (χ0n) is 13.3. The number of phenolic OH excluding ortho intramolecular Hbond substituents is 2. The topological polar surface area (TPSA) is 157 Å². The Morgan fingerprint density at radius 2 is 1.84 bits per heavy atom. The van der Waals surface area contributed by atoms with E-state index in [-0.39, 0.29) is 16.9 Å².